The van der Waals surface area contributed by atoms with E-state index >= 15 is 0 Å². The lowest BCUT2D eigenvalue weighted by atomic mass is 10.2. The number of rotatable bonds is 4. The van der Waals surface area contributed by atoms with Crippen LogP contribution >= 0.6 is 11.8 Å². The van der Waals surface area contributed by atoms with Gasteiger partial charge in [-0.1, -0.05) is 18.2 Å². The van der Waals surface area contributed by atoms with Crippen molar-refractivity contribution in [2.45, 2.75) is 4.90 Å². The van der Waals surface area contributed by atoms with Crippen molar-refractivity contribution in [3.05, 3.63) is 29.8 Å². The van der Waals surface area contributed by atoms with Gasteiger partial charge in [-0.15, -0.1) is 11.8 Å². The smallest absolute Gasteiger partial charge is 0.123 e. The average molecular weight is 196 g/mol. The molecule has 0 saturated heterocycles. The predicted octanol–water partition coefficient (Wildman–Crippen LogP) is 1.06. The number of hydrogen-bond donors (Lipinski definition) is 3. The third-order valence-electron chi connectivity index (χ3n) is 1.53. The van der Waals surface area contributed by atoms with E-state index in [1.54, 1.807) is 0 Å². The van der Waals surface area contributed by atoms with Gasteiger partial charge in [0.1, 0.15) is 5.84 Å². The number of aliphatic hydroxyl groups is 1. The van der Waals surface area contributed by atoms with E-state index in [2.05, 4.69) is 0 Å². The van der Waals surface area contributed by atoms with Crippen LogP contribution in [0.2, 0.25) is 0 Å². The molecule has 3 nitrogen and oxygen atoms in total. The van der Waals surface area contributed by atoms with Crippen LogP contribution in [0.4, 0.5) is 0 Å². The second-order valence-electron chi connectivity index (χ2n) is 2.48. The van der Waals surface area contributed by atoms with Gasteiger partial charge in [-0.2, -0.15) is 0 Å². The zero-order valence-electron chi connectivity index (χ0n) is 7.16. The van der Waals surface area contributed by atoms with Crippen molar-refractivity contribution >= 4 is 17.6 Å². The lowest BCUT2D eigenvalue weighted by Crippen LogP contribution is -2.12. The molecule has 4 heteroatoms. The van der Waals surface area contributed by atoms with E-state index in [4.69, 9.17) is 16.2 Å². The van der Waals surface area contributed by atoms with E-state index in [9.17, 15) is 0 Å². The lowest BCUT2D eigenvalue weighted by molar-refractivity contribution is 0.322. The van der Waals surface area contributed by atoms with E-state index in [0.717, 1.165) is 10.5 Å². The van der Waals surface area contributed by atoms with Gasteiger partial charge < -0.3 is 10.8 Å². The molecule has 0 heterocycles. The first-order valence-electron chi connectivity index (χ1n) is 3.93. The molecule has 0 bridgehead atoms. The Bertz CT molecular complexity index is 301. The number of amidine groups is 1. The molecule has 0 aliphatic rings. The standard InChI is InChI=1S/C9H12N2OS/c10-9(11)7-3-1-2-4-8(7)13-6-5-12/h1-4,12H,5-6H2,(H3,10,11). The van der Waals surface area contributed by atoms with Crippen LogP contribution < -0.4 is 5.73 Å². The van der Waals surface area contributed by atoms with Crippen molar-refractivity contribution in [1.29, 1.82) is 5.41 Å². The van der Waals surface area contributed by atoms with Crippen LogP contribution in [0.1, 0.15) is 5.56 Å². The number of thioether (sulfide) groups is 1. The molecule has 0 unspecified atom stereocenters. The zero-order valence-corrected chi connectivity index (χ0v) is 7.97. The monoisotopic (exact) mass is 196 g/mol. The second-order valence-corrected chi connectivity index (χ2v) is 3.62. The topological polar surface area (TPSA) is 70.1 Å². The highest BCUT2D eigenvalue weighted by Gasteiger charge is 2.03. The molecule has 1 aromatic rings. The summed E-state index contributed by atoms with van der Waals surface area (Å²) in [6.45, 7) is 0.136. The highest BCUT2D eigenvalue weighted by molar-refractivity contribution is 7.99. The van der Waals surface area contributed by atoms with Crippen molar-refractivity contribution in [1.82, 2.24) is 0 Å². The zero-order chi connectivity index (χ0) is 9.68. The molecular formula is C9H12N2OS. The quantitative estimate of drug-likeness (QED) is 0.383. The predicted molar refractivity (Wildman–Crippen MR) is 55.3 cm³/mol. The molecule has 0 aliphatic carbocycles. The van der Waals surface area contributed by atoms with Crippen molar-refractivity contribution in [2.75, 3.05) is 12.4 Å². The molecule has 0 amide bonds. The molecule has 1 aromatic carbocycles. The first kappa shape index (κ1) is 10.1. The summed E-state index contributed by atoms with van der Waals surface area (Å²) in [4.78, 5) is 0.948. The Labute approximate surface area is 81.5 Å². The fraction of sp³-hybridized carbons (Fsp3) is 0.222. The van der Waals surface area contributed by atoms with Crippen LogP contribution in [0.3, 0.4) is 0 Å². The SMILES string of the molecule is N=C(N)c1ccccc1SCCO. The summed E-state index contributed by atoms with van der Waals surface area (Å²) < 4.78 is 0. The Balaban J connectivity index is 2.84. The summed E-state index contributed by atoms with van der Waals surface area (Å²) in [6.07, 6.45) is 0. The molecule has 0 radical (unpaired) electrons. The molecular weight excluding hydrogens is 184 g/mol. The molecule has 0 spiro atoms. The lowest BCUT2D eigenvalue weighted by Gasteiger charge is -2.05. The highest BCUT2D eigenvalue weighted by Crippen LogP contribution is 2.21. The molecule has 0 saturated carbocycles. The molecule has 4 N–H and O–H groups in total. The van der Waals surface area contributed by atoms with Gasteiger partial charge in [0.15, 0.2) is 0 Å². The number of nitrogen functional groups attached to an aromatic ring is 1. The van der Waals surface area contributed by atoms with Gasteiger partial charge >= 0.3 is 0 Å². The van der Waals surface area contributed by atoms with Crippen LogP contribution in [0.5, 0.6) is 0 Å². The van der Waals surface area contributed by atoms with E-state index in [1.807, 2.05) is 24.3 Å². The van der Waals surface area contributed by atoms with E-state index in [-0.39, 0.29) is 12.4 Å². The summed E-state index contributed by atoms with van der Waals surface area (Å²) in [5, 5.41) is 16.0. The van der Waals surface area contributed by atoms with E-state index < -0.39 is 0 Å². The summed E-state index contributed by atoms with van der Waals surface area (Å²) in [7, 11) is 0. The van der Waals surface area contributed by atoms with Crippen molar-refractivity contribution in [3.8, 4) is 0 Å². The number of hydrogen-bond acceptors (Lipinski definition) is 3. The fourth-order valence-electron chi connectivity index (χ4n) is 0.971. The first-order chi connectivity index (χ1) is 6.25. The first-order valence-corrected chi connectivity index (χ1v) is 4.91. The van der Waals surface area contributed by atoms with Gasteiger partial charge in [-0.3, -0.25) is 5.41 Å². The van der Waals surface area contributed by atoms with Gasteiger partial charge in [0.25, 0.3) is 0 Å². The number of benzene rings is 1. The summed E-state index contributed by atoms with van der Waals surface area (Å²) in [5.74, 6) is 0.700. The molecule has 70 valence electrons. The number of nitrogens with one attached hydrogen (secondary N) is 1. The molecule has 1 rings (SSSR count). The van der Waals surface area contributed by atoms with Gasteiger partial charge in [0, 0.05) is 16.2 Å². The Morgan fingerprint density at radius 1 is 1.46 bits per heavy atom. The maximum absolute atomic E-state index is 8.65. The number of nitrogens with two attached hydrogens (primary N) is 1. The summed E-state index contributed by atoms with van der Waals surface area (Å²) >= 11 is 1.50. The Morgan fingerprint density at radius 3 is 2.77 bits per heavy atom. The molecule has 0 aromatic heterocycles. The molecule has 0 atom stereocenters. The maximum atomic E-state index is 8.65. The third-order valence-corrected chi connectivity index (χ3v) is 2.58. The van der Waals surface area contributed by atoms with Crippen LogP contribution in [-0.2, 0) is 0 Å². The van der Waals surface area contributed by atoms with Crippen molar-refractivity contribution in [2.24, 2.45) is 5.73 Å². The Hall–Kier alpha value is -1.00. The molecule has 0 aliphatic heterocycles. The third kappa shape index (κ3) is 2.75. The van der Waals surface area contributed by atoms with Crippen LogP contribution in [0, 0.1) is 5.41 Å². The molecule has 13 heavy (non-hydrogen) atoms. The Morgan fingerprint density at radius 2 is 2.15 bits per heavy atom. The van der Waals surface area contributed by atoms with Gasteiger partial charge in [-0.25, -0.2) is 0 Å². The number of aliphatic hydroxyl groups excluding tert-OH is 1. The van der Waals surface area contributed by atoms with Crippen LogP contribution in [-0.4, -0.2) is 23.3 Å². The minimum atomic E-state index is 0.0704. The minimum absolute atomic E-state index is 0.0704. The summed E-state index contributed by atoms with van der Waals surface area (Å²) in [6, 6.07) is 7.45. The maximum Gasteiger partial charge on any atom is 0.123 e. The Kier molecular flexibility index (Phi) is 3.79. The van der Waals surface area contributed by atoms with Crippen LogP contribution in [0.25, 0.3) is 0 Å². The average Bonchev–Trinajstić information content (AvgIpc) is 2.15. The van der Waals surface area contributed by atoms with Gasteiger partial charge in [0.2, 0.25) is 0 Å². The van der Waals surface area contributed by atoms with Crippen LogP contribution in [0.15, 0.2) is 29.2 Å². The van der Waals surface area contributed by atoms with Crippen molar-refractivity contribution < 1.29 is 5.11 Å². The minimum Gasteiger partial charge on any atom is -0.396 e. The fourth-order valence-corrected chi connectivity index (χ4v) is 1.79. The van der Waals surface area contributed by atoms with Crippen molar-refractivity contribution in [3.63, 3.8) is 0 Å². The van der Waals surface area contributed by atoms with Gasteiger partial charge in [0.05, 0.1) is 6.61 Å². The van der Waals surface area contributed by atoms with E-state index in [1.165, 1.54) is 11.8 Å². The van der Waals surface area contributed by atoms with E-state index in [0.29, 0.717) is 5.75 Å². The largest absolute Gasteiger partial charge is 0.396 e. The summed E-state index contributed by atoms with van der Waals surface area (Å²) in [5.41, 5.74) is 6.13. The molecule has 0 fully saturated rings. The van der Waals surface area contributed by atoms with Gasteiger partial charge in [-0.05, 0) is 6.07 Å². The second kappa shape index (κ2) is 4.89. The highest BCUT2D eigenvalue weighted by atomic mass is 32.2. The normalized spacial score (nSPS) is 9.92.